The first kappa shape index (κ1) is 22.6. The first-order valence-electron chi connectivity index (χ1n) is 1.97. The molecule has 5 nitrogen and oxygen atoms in total. The van der Waals surface area contributed by atoms with E-state index in [1.54, 1.807) is 6.92 Å². The van der Waals surface area contributed by atoms with E-state index in [1.807, 2.05) is 0 Å². The summed E-state index contributed by atoms with van der Waals surface area (Å²) in [5.74, 6) is 0. The van der Waals surface area contributed by atoms with E-state index in [2.05, 4.69) is 0 Å². The van der Waals surface area contributed by atoms with Crippen molar-refractivity contribution >= 4 is 36.0 Å². The monoisotopic (exact) mass is 160 g/mol. The van der Waals surface area contributed by atoms with E-state index in [9.17, 15) is 0 Å². The molecule has 0 atom stereocenters. The average molecular weight is 160 g/mol. The van der Waals surface area contributed by atoms with Crippen molar-refractivity contribution < 1.29 is 24.9 Å². The minimum absolute atomic E-state index is 0. The fourth-order valence-electron chi connectivity index (χ4n) is 0. The molecule has 0 fully saturated rings. The molecule has 0 bridgehead atoms. The second-order valence-corrected chi connectivity index (χ2v) is 0.509. The van der Waals surface area contributed by atoms with Gasteiger partial charge in [0.2, 0.25) is 0 Å². The molecule has 0 radical (unpaired) electrons. The third kappa shape index (κ3) is 3060. The molecule has 0 spiro atoms. The van der Waals surface area contributed by atoms with Gasteiger partial charge >= 0.3 is 23.1 Å². The minimum Gasteiger partial charge on any atom is -0.554 e. The van der Waals surface area contributed by atoms with Gasteiger partial charge in [-0.05, 0) is 6.92 Å². The van der Waals surface area contributed by atoms with Crippen LogP contribution in [0.4, 0.5) is 0 Å². The Hall–Kier alpha value is -0.334. The zero-order valence-corrected chi connectivity index (χ0v) is 7.06. The van der Waals surface area contributed by atoms with Crippen LogP contribution in [0, 0.1) is 0 Å². The van der Waals surface area contributed by atoms with Gasteiger partial charge in [-0.25, -0.2) is 0 Å². The summed E-state index contributed by atoms with van der Waals surface area (Å²) in [6.45, 7) is 0.931. The zero-order chi connectivity index (χ0) is 8.12. The smallest absolute Gasteiger partial charge is 0.554 e. The van der Waals surface area contributed by atoms with Crippen molar-refractivity contribution in [3.05, 3.63) is 0 Å². The van der Waals surface area contributed by atoms with Crippen LogP contribution in [0.25, 0.3) is 0 Å². The van der Waals surface area contributed by atoms with Crippen LogP contribution >= 0.6 is 0 Å². The molecule has 0 aromatic rings. The van der Waals surface area contributed by atoms with Gasteiger partial charge in [0.1, 0.15) is 0 Å². The predicted octanol–water partition coefficient (Wildman–Crippen LogP) is -3.65. The molecular formula is C4H8MgO5. The number of carboxylic acid groups (broad SMARTS) is 2. The summed E-state index contributed by atoms with van der Waals surface area (Å²) in [7, 11) is 0. The van der Waals surface area contributed by atoms with Gasteiger partial charge in [0, 0.05) is 19.6 Å². The van der Waals surface area contributed by atoms with Gasteiger partial charge in [0.15, 0.2) is 0 Å². The molecule has 0 aliphatic rings. The largest absolute Gasteiger partial charge is 2.00 e. The summed E-state index contributed by atoms with van der Waals surface area (Å²) in [4.78, 5) is 16.5. The molecule has 0 aliphatic heterocycles. The van der Waals surface area contributed by atoms with Gasteiger partial charge in [0.05, 0.1) is 0 Å². The SMILES string of the molecule is CCO.O=C[O-].O=C[O-].[Mg+2]. The molecule has 1 N–H and O–H groups in total. The Morgan fingerprint density at radius 3 is 1.30 bits per heavy atom. The van der Waals surface area contributed by atoms with E-state index >= 15 is 0 Å². The third-order valence-corrected chi connectivity index (χ3v) is 0. The molecule has 0 aliphatic carbocycles. The van der Waals surface area contributed by atoms with Gasteiger partial charge in [-0.2, -0.15) is 0 Å². The molecule has 0 amide bonds. The van der Waals surface area contributed by atoms with Crippen molar-refractivity contribution in [3.63, 3.8) is 0 Å². The van der Waals surface area contributed by atoms with Crippen LogP contribution in [-0.4, -0.2) is 47.7 Å². The Balaban J connectivity index is -0.0000000257. The van der Waals surface area contributed by atoms with Crippen LogP contribution in [0.1, 0.15) is 6.92 Å². The maximum absolute atomic E-state index is 8.25. The number of aliphatic hydroxyl groups is 1. The zero-order valence-electron chi connectivity index (χ0n) is 5.65. The van der Waals surface area contributed by atoms with Crippen molar-refractivity contribution in [1.82, 2.24) is 0 Å². The van der Waals surface area contributed by atoms with E-state index in [1.165, 1.54) is 0 Å². The number of rotatable bonds is 0. The molecule has 0 saturated heterocycles. The van der Waals surface area contributed by atoms with Crippen molar-refractivity contribution in [1.29, 1.82) is 0 Å². The number of carbonyl (C=O) groups excluding carboxylic acids is 2. The third-order valence-electron chi connectivity index (χ3n) is 0. The topological polar surface area (TPSA) is 100 Å². The number of carbonyl (C=O) groups is 2. The number of aliphatic hydroxyl groups excluding tert-OH is 1. The Labute approximate surface area is 74.8 Å². The molecule has 0 unspecified atom stereocenters. The predicted molar refractivity (Wildman–Crippen MR) is 30.6 cm³/mol. The van der Waals surface area contributed by atoms with Gasteiger partial charge in [-0.15, -0.1) is 0 Å². The second kappa shape index (κ2) is 71.6. The Kier molecular flexibility index (Phi) is 162. The first-order chi connectivity index (χ1) is 4.24. The summed E-state index contributed by atoms with van der Waals surface area (Å²) in [6, 6.07) is 0. The quantitative estimate of drug-likeness (QED) is 0.291. The molecular weight excluding hydrogens is 152 g/mol. The Morgan fingerprint density at radius 1 is 1.30 bits per heavy atom. The van der Waals surface area contributed by atoms with E-state index in [4.69, 9.17) is 24.9 Å². The number of hydrogen-bond acceptors (Lipinski definition) is 5. The average Bonchev–Trinajstić information content (AvgIpc) is 1.70. The maximum Gasteiger partial charge on any atom is 2.00 e. The normalized spacial score (nSPS) is 4.20. The molecule has 0 heterocycles. The van der Waals surface area contributed by atoms with Crippen molar-refractivity contribution in [2.24, 2.45) is 0 Å². The van der Waals surface area contributed by atoms with Crippen molar-refractivity contribution in [2.45, 2.75) is 6.92 Å². The van der Waals surface area contributed by atoms with Crippen molar-refractivity contribution in [3.8, 4) is 0 Å². The van der Waals surface area contributed by atoms with E-state index < -0.39 is 12.9 Å². The van der Waals surface area contributed by atoms with Crippen LogP contribution in [-0.2, 0) is 9.59 Å². The molecule has 10 heavy (non-hydrogen) atoms. The molecule has 0 aromatic heterocycles. The van der Waals surface area contributed by atoms with E-state index in [0.29, 0.717) is 0 Å². The van der Waals surface area contributed by atoms with Gasteiger partial charge < -0.3 is 24.9 Å². The standard InChI is InChI=1S/C2H6O.2CH2O2.Mg/c1-2-3;2*2-1-3;/h3H,2H2,1H3;2*1H,(H,2,3);/q;;;+2/p-2. The summed E-state index contributed by atoms with van der Waals surface area (Å²) in [6.07, 6.45) is 0. The van der Waals surface area contributed by atoms with Crippen LogP contribution in [0.2, 0.25) is 0 Å². The van der Waals surface area contributed by atoms with E-state index in [0.717, 1.165) is 0 Å². The van der Waals surface area contributed by atoms with Crippen LogP contribution in [0.15, 0.2) is 0 Å². The summed E-state index contributed by atoms with van der Waals surface area (Å²) in [5, 5.41) is 24.1. The molecule has 0 saturated carbocycles. The minimum atomic E-state index is -0.500. The Morgan fingerprint density at radius 2 is 1.30 bits per heavy atom. The molecule has 0 rings (SSSR count). The van der Waals surface area contributed by atoms with Crippen molar-refractivity contribution in [2.75, 3.05) is 6.61 Å². The summed E-state index contributed by atoms with van der Waals surface area (Å²) in [5.41, 5.74) is 0. The summed E-state index contributed by atoms with van der Waals surface area (Å²) < 4.78 is 0. The fourth-order valence-corrected chi connectivity index (χ4v) is 0. The first-order valence-corrected chi connectivity index (χ1v) is 1.97. The van der Waals surface area contributed by atoms with Gasteiger partial charge in [-0.3, -0.25) is 0 Å². The Bertz CT molecular complexity index is 42.9. The second-order valence-electron chi connectivity index (χ2n) is 0.509. The van der Waals surface area contributed by atoms with Crippen LogP contribution < -0.4 is 10.2 Å². The van der Waals surface area contributed by atoms with Gasteiger partial charge in [-0.1, -0.05) is 0 Å². The van der Waals surface area contributed by atoms with Gasteiger partial charge in [0.25, 0.3) is 0 Å². The summed E-state index contributed by atoms with van der Waals surface area (Å²) >= 11 is 0. The van der Waals surface area contributed by atoms with E-state index in [-0.39, 0.29) is 29.7 Å². The van der Waals surface area contributed by atoms with Crippen LogP contribution in [0.5, 0.6) is 0 Å². The molecule has 0 aromatic carbocycles. The molecule has 6 heteroatoms. The maximum atomic E-state index is 8.25. The molecule has 56 valence electrons. The van der Waals surface area contributed by atoms with Crippen LogP contribution in [0.3, 0.4) is 0 Å². The fraction of sp³-hybridized carbons (Fsp3) is 0.500. The number of hydrogen-bond donors (Lipinski definition) is 1.